The number of aryl methyl sites for hydroxylation is 1. The number of hydrazine groups is 1. The Morgan fingerprint density at radius 2 is 1.62 bits per heavy atom. The number of aromatic hydroxyl groups is 1. The fourth-order valence-electron chi connectivity index (χ4n) is 3.17. The van der Waals surface area contributed by atoms with E-state index in [0.29, 0.717) is 16.3 Å². The number of imide groups is 1. The van der Waals surface area contributed by atoms with Crippen molar-refractivity contribution in [3.63, 3.8) is 0 Å². The summed E-state index contributed by atoms with van der Waals surface area (Å²) in [6.07, 6.45) is 0. The van der Waals surface area contributed by atoms with Gasteiger partial charge in [-0.05, 0) is 36.8 Å². The lowest BCUT2D eigenvalue weighted by Gasteiger charge is -2.27. The van der Waals surface area contributed by atoms with Crippen LogP contribution in [-0.4, -0.2) is 27.8 Å². The standard InChI is InChI=1S/C20H14N2O4/c1-11-5-2-3-6-12(11)18(24)21-22-19(25)14-8-4-7-13-16(23)10-9-15(17(13)14)20(22)26/h2-10,23H,1H3,(H,21,24). The van der Waals surface area contributed by atoms with Gasteiger partial charge in [0, 0.05) is 16.3 Å². The summed E-state index contributed by atoms with van der Waals surface area (Å²) in [6.45, 7) is 1.77. The maximum atomic E-state index is 12.8. The number of amides is 3. The third-order valence-electron chi connectivity index (χ3n) is 4.49. The van der Waals surface area contributed by atoms with Crippen LogP contribution in [0.1, 0.15) is 36.6 Å². The van der Waals surface area contributed by atoms with Crippen LogP contribution in [0.5, 0.6) is 5.75 Å². The third-order valence-corrected chi connectivity index (χ3v) is 4.49. The van der Waals surface area contributed by atoms with E-state index in [4.69, 9.17) is 0 Å². The van der Waals surface area contributed by atoms with Crippen molar-refractivity contribution in [1.82, 2.24) is 10.4 Å². The van der Waals surface area contributed by atoms with Gasteiger partial charge in [0.2, 0.25) is 0 Å². The first-order chi connectivity index (χ1) is 12.5. The summed E-state index contributed by atoms with van der Waals surface area (Å²) in [5, 5.41) is 11.5. The predicted molar refractivity (Wildman–Crippen MR) is 94.8 cm³/mol. The van der Waals surface area contributed by atoms with Gasteiger partial charge in [0.25, 0.3) is 17.7 Å². The average Bonchev–Trinajstić information content (AvgIpc) is 2.64. The molecule has 2 N–H and O–H groups in total. The van der Waals surface area contributed by atoms with Crippen molar-refractivity contribution >= 4 is 28.5 Å². The number of benzene rings is 3. The Morgan fingerprint density at radius 1 is 0.923 bits per heavy atom. The van der Waals surface area contributed by atoms with Crippen molar-refractivity contribution in [2.75, 3.05) is 0 Å². The number of carbonyl (C=O) groups excluding carboxylic acids is 3. The van der Waals surface area contributed by atoms with E-state index in [-0.39, 0.29) is 16.9 Å². The van der Waals surface area contributed by atoms with E-state index < -0.39 is 17.7 Å². The quantitative estimate of drug-likeness (QED) is 0.699. The van der Waals surface area contributed by atoms with Crippen LogP contribution in [0.2, 0.25) is 0 Å². The lowest BCUT2D eigenvalue weighted by atomic mass is 9.94. The molecule has 0 spiro atoms. The highest BCUT2D eigenvalue weighted by molar-refractivity contribution is 6.26. The number of carbonyl (C=O) groups is 3. The van der Waals surface area contributed by atoms with Gasteiger partial charge in [-0.15, -0.1) is 0 Å². The molecule has 0 fully saturated rings. The molecule has 6 nitrogen and oxygen atoms in total. The van der Waals surface area contributed by atoms with Crippen molar-refractivity contribution in [2.24, 2.45) is 0 Å². The summed E-state index contributed by atoms with van der Waals surface area (Å²) in [7, 11) is 0. The zero-order valence-corrected chi connectivity index (χ0v) is 13.8. The van der Waals surface area contributed by atoms with Gasteiger partial charge in [-0.25, -0.2) is 0 Å². The highest BCUT2D eigenvalue weighted by Gasteiger charge is 2.35. The van der Waals surface area contributed by atoms with E-state index in [1.807, 2.05) is 0 Å². The molecule has 3 aromatic carbocycles. The summed E-state index contributed by atoms with van der Waals surface area (Å²) < 4.78 is 0. The number of phenols is 1. The molecule has 0 bridgehead atoms. The van der Waals surface area contributed by atoms with Crippen LogP contribution in [0.4, 0.5) is 0 Å². The Kier molecular flexibility index (Phi) is 3.47. The van der Waals surface area contributed by atoms with E-state index in [0.717, 1.165) is 10.6 Å². The molecule has 26 heavy (non-hydrogen) atoms. The lowest BCUT2D eigenvalue weighted by Crippen LogP contribution is -2.51. The van der Waals surface area contributed by atoms with Crippen LogP contribution in [-0.2, 0) is 0 Å². The minimum Gasteiger partial charge on any atom is -0.507 e. The van der Waals surface area contributed by atoms with Crippen molar-refractivity contribution in [2.45, 2.75) is 6.92 Å². The second-order valence-electron chi connectivity index (χ2n) is 6.06. The Bertz CT molecular complexity index is 1080. The number of nitrogens with zero attached hydrogens (tertiary/aromatic N) is 1. The Labute approximate surface area is 148 Å². The van der Waals surface area contributed by atoms with Crippen LogP contribution < -0.4 is 5.43 Å². The van der Waals surface area contributed by atoms with Crippen LogP contribution in [0.3, 0.4) is 0 Å². The zero-order valence-electron chi connectivity index (χ0n) is 13.8. The summed E-state index contributed by atoms with van der Waals surface area (Å²) >= 11 is 0. The normalized spacial score (nSPS) is 13.2. The number of rotatable bonds is 2. The molecule has 1 heterocycles. The minimum atomic E-state index is -0.638. The molecular weight excluding hydrogens is 332 g/mol. The molecule has 3 aromatic rings. The molecule has 0 aliphatic carbocycles. The van der Waals surface area contributed by atoms with E-state index in [2.05, 4.69) is 5.43 Å². The van der Waals surface area contributed by atoms with Crippen molar-refractivity contribution in [3.05, 3.63) is 76.9 Å². The van der Waals surface area contributed by atoms with Gasteiger partial charge in [0.05, 0.1) is 11.1 Å². The highest BCUT2D eigenvalue weighted by atomic mass is 16.3. The summed E-state index contributed by atoms with van der Waals surface area (Å²) in [5.41, 5.74) is 4.01. The molecule has 6 heteroatoms. The first-order valence-corrected chi connectivity index (χ1v) is 7.99. The Morgan fingerprint density at radius 3 is 2.35 bits per heavy atom. The number of nitrogens with one attached hydrogen (secondary N) is 1. The fourth-order valence-corrected chi connectivity index (χ4v) is 3.17. The van der Waals surface area contributed by atoms with Gasteiger partial charge >= 0.3 is 0 Å². The van der Waals surface area contributed by atoms with E-state index in [9.17, 15) is 19.5 Å². The maximum Gasteiger partial charge on any atom is 0.280 e. The van der Waals surface area contributed by atoms with Crippen LogP contribution in [0, 0.1) is 6.92 Å². The van der Waals surface area contributed by atoms with Gasteiger partial charge in [0.15, 0.2) is 0 Å². The molecule has 4 rings (SSSR count). The maximum absolute atomic E-state index is 12.8. The minimum absolute atomic E-state index is 0.0106. The van der Waals surface area contributed by atoms with Crippen LogP contribution in [0.25, 0.3) is 10.8 Å². The first kappa shape index (κ1) is 15.8. The summed E-state index contributed by atoms with van der Waals surface area (Å²) in [6, 6.07) is 14.6. The first-order valence-electron chi connectivity index (χ1n) is 7.99. The molecule has 1 aliphatic rings. The average molecular weight is 346 g/mol. The molecule has 0 saturated carbocycles. The predicted octanol–water partition coefficient (Wildman–Crippen LogP) is 2.79. The van der Waals surface area contributed by atoms with Gasteiger partial charge in [-0.2, -0.15) is 5.01 Å². The molecule has 0 saturated heterocycles. The zero-order chi connectivity index (χ0) is 18.4. The molecule has 0 radical (unpaired) electrons. The molecule has 0 atom stereocenters. The molecule has 0 unspecified atom stereocenters. The van der Waals surface area contributed by atoms with E-state index >= 15 is 0 Å². The monoisotopic (exact) mass is 346 g/mol. The summed E-state index contributed by atoms with van der Waals surface area (Å²) in [5.74, 6) is -1.83. The van der Waals surface area contributed by atoms with Gasteiger partial charge in [0.1, 0.15) is 5.75 Å². The molecule has 128 valence electrons. The van der Waals surface area contributed by atoms with Crippen LogP contribution >= 0.6 is 0 Å². The van der Waals surface area contributed by atoms with Gasteiger partial charge in [-0.1, -0.05) is 30.3 Å². The van der Waals surface area contributed by atoms with Crippen molar-refractivity contribution in [1.29, 1.82) is 0 Å². The van der Waals surface area contributed by atoms with E-state index in [1.54, 1.807) is 49.4 Å². The number of phenolic OH excluding ortho intramolecular Hbond substituents is 1. The molecular formula is C20H14N2O4. The second kappa shape index (κ2) is 5.70. The number of hydrogen-bond acceptors (Lipinski definition) is 4. The highest BCUT2D eigenvalue weighted by Crippen LogP contribution is 2.34. The molecule has 3 amide bonds. The molecule has 1 aliphatic heterocycles. The van der Waals surface area contributed by atoms with Gasteiger partial charge < -0.3 is 5.11 Å². The molecule has 0 aromatic heterocycles. The van der Waals surface area contributed by atoms with Gasteiger partial charge in [-0.3, -0.25) is 19.8 Å². The largest absolute Gasteiger partial charge is 0.507 e. The van der Waals surface area contributed by atoms with Crippen molar-refractivity contribution in [3.8, 4) is 5.75 Å². The SMILES string of the molecule is Cc1ccccc1C(=O)NN1C(=O)c2cccc3c(O)ccc(c23)C1=O. The Balaban J connectivity index is 1.78. The second-order valence-corrected chi connectivity index (χ2v) is 6.06. The lowest BCUT2D eigenvalue weighted by molar-refractivity contribution is 0.0478. The smallest absolute Gasteiger partial charge is 0.280 e. The topological polar surface area (TPSA) is 86.7 Å². The Hall–Kier alpha value is -3.67. The number of hydrogen-bond donors (Lipinski definition) is 2. The summed E-state index contributed by atoms with van der Waals surface area (Å²) in [4.78, 5) is 38.1. The third kappa shape index (κ3) is 2.23. The van der Waals surface area contributed by atoms with Crippen LogP contribution in [0.15, 0.2) is 54.6 Å². The van der Waals surface area contributed by atoms with Crippen molar-refractivity contribution < 1.29 is 19.5 Å². The fraction of sp³-hybridized carbons (Fsp3) is 0.0500. The van der Waals surface area contributed by atoms with E-state index in [1.165, 1.54) is 12.1 Å².